The summed E-state index contributed by atoms with van der Waals surface area (Å²) < 4.78 is 22.9. The molecule has 0 spiro atoms. The summed E-state index contributed by atoms with van der Waals surface area (Å²) in [6, 6.07) is 0.621. The lowest BCUT2D eigenvalue weighted by Gasteiger charge is -2.23. The number of amides is 1. The van der Waals surface area contributed by atoms with Crippen molar-refractivity contribution in [3.8, 4) is 0 Å². The van der Waals surface area contributed by atoms with Gasteiger partial charge in [-0.3, -0.25) is 14.9 Å². The third-order valence-electron chi connectivity index (χ3n) is 3.35. The number of halogens is 1. The minimum Gasteiger partial charge on any atom is -0.337 e. The fourth-order valence-electron chi connectivity index (χ4n) is 2.18. The first-order chi connectivity index (χ1) is 9.71. The van der Waals surface area contributed by atoms with E-state index < -0.39 is 32.4 Å². The van der Waals surface area contributed by atoms with E-state index in [1.807, 2.05) is 0 Å². The minimum absolute atomic E-state index is 0.00841. The second-order valence-corrected chi connectivity index (χ2v) is 7.37. The average Bonchev–Trinajstić information content (AvgIpc) is 2.77. The van der Waals surface area contributed by atoms with Gasteiger partial charge < -0.3 is 4.90 Å². The zero-order chi connectivity index (χ0) is 15.8. The number of hydrogen-bond acceptors (Lipinski definition) is 6. The van der Waals surface area contributed by atoms with E-state index in [0.717, 1.165) is 12.3 Å². The van der Waals surface area contributed by atoms with E-state index in [-0.39, 0.29) is 22.2 Å². The summed E-state index contributed by atoms with van der Waals surface area (Å²) in [5.41, 5.74) is -0.663. The predicted octanol–water partition coefficient (Wildman–Crippen LogP) is 0.902. The van der Waals surface area contributed by atoms with Crippen LogP contribution in [-0.4, -0.2) is 53.7 Å². The number of rotatable bonds is 3. The van der Waals surface area contributed by atoms with Gasteiger partial charge in [0.1, 0.15) is 16.9 Å². The molecule has 2 rings (SSSR count). The van der Waals surface area contributed by atoms with E-state index in [4.69, 9.17) is 11.6 Å². The van der Waals surface area contributed by atoms with E-state index in [2.05, 4.69) is 4.98 Å². The third-order valence-corrected chi connectivity index (χ3v) is 5.31. The van der Waals surface area contributed by atoms with Gasteiger partial charge in [-0.25, -0.2) is 13.4 Å². The fourth-order valence-corrected chi connectivity index (χ4v) is 4.11. The van der Waals surface area contributed by atoms with Gasteiger partial charge in [0.15, 0.2) is 9.84 Å². The first-order valence-corrected chi connectivity index (χ1v) is 8.19. The Morgan fingerprint density at radius 1 is 1.57 bits per heavy atom. The number of carbonyl (C=O) groups is 1. The summed E-state index contributed by atoms with van der Waals surface area (Å²) in [7, 11) is -1.73. The summed E-state index contributed by atoms with van der Waals surface area (Å²) >= 11 is 5.67. The standard InChI is InChI=1S/C11H12ClN3O5S/c1-14(7-2-3-21(19,20)6-7)11(16)8-4-10(12)13-5-9(8)15(17)18/h4-5,7H,2-3,6H2,1H3. The molecular formula is C11H12ClN3O5S. The van der Waals surface area contributed by atoms with Crippen LogP contribution in [0.25, 0.3) is 0 Å². The zero-order valence-electron chi connectivity index (χ0n) is 11.0. The van der Waals surface area contributed by atoms with Crippen LogP contribution >= 0.6 is 11.6 Å². The maximum Gasteiger partial charge on any atom is 0.300 e. The third kappa shape index (κ3) is 3.30. The molecule has 21 heavy (non-hydrogen) atoms. The van der Waals surface area contributed by atoms with Gasteiger partial charge in [0.2, 0.25) is 0 Å². The average molecular weight is 334 g/mol. The number of pyridine rings is 1. The molecule has 0 bridgehead atoms. The van der Waals surface area contributed by atoms with Crippen LogP contribution in [0.5, 0.6) is 0 Å². The lowest BCUT2D eigenvalue weighted by atomic mass is 10.1. The second kappa shape index (κ2) is 5.57. The molecular weight excluding hydrogens is 322 g/mol. The first-order valence-electron chi connectivity index (χ1n) is 5.99. The number of sulfone groups is 1. The van der Waals surface area contributed by atoms with E-state index in [1.165, 1.54) is 11.9 Å². The fraction of sp³-hybridized carbons (Fsp3) is 0.455. The molecule has 1 unspecified atom stereocenters. The first kappa shape index (κ1) is 15.6. The number of hydrogen-bond donors (Lipinski definition) is 0. The Bertz CT molecular complexity index is 706. The number of nitro groups is 1. The SMILES string of the molecule is CN(C(=O)c1cc(Cl)ncc1[N+](=O)[O-])C1CCS(=O)(=O)C1. The van der Waals surface area contributed by atoms with Crippen molar-refractivity contribution in [2.45, 2.75) is 12.5 Å². The quantitative estimate of drug-likeness (QED) is 0.461. The zero-order valence-corrected chi connectivity index (χ0v) is 12.6. The lowest BCUT2D eigenvalue weighted by Crippen LogP contribution is -2.38. The van der Waals surface area contributed by atoms with E-state index in [0.29, 0.717) is 6.42 Å². The van der Waals surface area contributed by atoms with Crippen molar-refractivity contribution in [2.24, 2.45) is 0 Å². The van der Waals surface area contributed by atoms with Gasteiger partial charge >= 0.3 is 0 Å². The summed E-state index contributed by atoms with van der Waals surface area (Å²) in [5, 5.41) is 10.9. The van der Waals surface area contributed by atoms with E-state index in [9.17, 15) is 23.3 Å². The largest absolute Gasteiger partial charge is 0.337 e. The van der Waals surface area contributed by atoms with E-state index >= 15 is 0 Å². The Balaban J connectivity index is 2.32. The van der Waals surface area contributed by atoms with Gasteiger partial charge in [0.05, 0.1) is 16.4 Å². The van der Waals surface area contributed by atoms with Crippen LogP contribution in [0.4, 0.5) is 5.69 Å². The van der Waals surface area contributed by atoms with Crippen LogP contribution < -0.4 is 0 Å². The predicted molar refractivity (Wildman–Crippen MR) is 75.1 cm³/mol. The van der Waals surface area contributed by atoms with Crippen LogP contribution in [0.1, 0.15) is 16.8 Å². The van der Waals surface area contributed by atoms with Crippen molar-refractivity contribution in [3.63, 3.8) is 0 Å². The van der Waals surface area contributed by atoms with Gasteiger partial charge in [0.25, 0.3) is 11.6 Å². The summed E-state index contributed by atoms with van der Waals surface area (Å²) in [5.74, 6) is -0.774. The van der Waals surface area contributed by atoms with Gasteiger partial charge in [0, 0.05) is 13.1 Å². The minimum atomic E-state index is -3.16. The maximum absolute atomic E-state index is 12.4. The van der Waals surface area contributed by atoms with Crippen LogP contribution in [0.2, 0.25) is 5.15 Å². The molecule has 0 N–H and O–H groups in total. The van der Waals surface area contributed by atoms with Crippen LogP contribution in [0, 0.1) is 10.1 Å². The van der Waals surface area contributed by atoms with Gasteiger partial charge in [-0.15, -0.1) is 0 Å². The molecule has 114 valence electrons. The topological polar surface area (TPSA) is 110 Å². The highest BCUT2D eigenvalue weighted by atomic mass is 35.5. The van der Waals surface area contributed by atoms with Crippen LogP contribution in [-0.2, 0) is 9.84 Å². The Kier molecular flexibility index (Phi) is 4.15. The molecule has 1 fully saturated rings. The molecule has 1 saturated heterocycles. The van der Waals surface area contributed by atoms with E-state index in [1.54, 1.807) is 0 Å². The van der Waals surface area contributed by atoms with Gasteiger partial charge in [-0.1, -0.05) is 11.6 Å². The molecule has 8 nitrogen and oxygen atoms in total. The van der Waals surface area contributed by atoms with Crippen molar-refractivity contribution < 1.29 is 18.1 Å². The Morgan fingerprint density at radius 2 is 2.24 bits per heavy atom. The molecule has 0 aliphatic carbocycles. The molecule has 10 heteroatoms. The van der Waals surface area contributed by atoms with Gasteiger partial charge in [-0.2, -0.15) is 0 Å². The Labute approximate surface area is 125 Å². The van der Waals surface area contributed by atoms with Crippen molar-refractivity contribution in [3.05, 3.63) is 33.1 Å². The maximum atomic E-state index is 12.4. The molecule has 2 heterocycles. The number of aromatic nitrogens is 1. The number of nitrogens with zero attached hydrogens (tertiary/aromatic N) is 3. The molecule has 1 amide bonds. The smallest absolute Gasteiger partial charge is 0.300 e. The van der Waals surface area contributed by atoms with Crippen molar-refractivity contribution in [1.82, 2.24) is 9.88 Å². The second-order valence-electron chi connectivity index (χ2n) is 4.75. The highest BCUT2D eigenvalue weighted by Crippen LogP contribution is 2.24. The molecule has 0 aromatic carbocycles. The van der Waals surface area contributed by atoms with Crippen molar-refractivity contribution in [2.75, 3.05) is 18.6 Å². The molecule has 1 aromatic heterocycles. The lowest BCUT2D eigenvalue weighted by molar-refractivity contribution is -0.385. The summed E-state index contributed by atoms with van der Waals surface area (Å²) in [6.07, 6.45) is 1.23. The Morgan fingerprint density at radius 3 is 2.76 bits per heavy atom. The Hall–Kier alpha value is -1.74. The summed E-state index contributed by atoms with van der Waals surface area (Å²) in [6.45, 7) is 0. The number of carbonyl (C=O) groups excluding carboxylic acids is 1. The summed E-state index contributed by atoms with van der Waals surface area (Å²) in [4.78, 5) is 27.4. The van der Waals surface area contributed by atoms with Crippen LogP contribution in [0.15, 0.2) is 12.3 Å². The molecule has 0 radical (unpaired) electrons. The van der Waals surface area contributed by atoms with Crippen molar-refractivity contribution >= 4 is 33.0 Å². The molecule has 1 aromatic rings. The van der Waals surface area contributed by atoms with Gasteiger partial charge in [-0.05, 0) is 12.5 Å². The normalized spacial score (nSPS) is 20.2. The molecule has 1 aliphatic heterocycles. The van der Waals surface area contributed by atoms with Crippen LogP contribution in [0.3, 0.4) is 0 Å². The highest BCUT2D eigenvalue weighted by Gasteiger charge is 2.35. The monoisotopic (exact) mass is 333 g/mol. The highest BCUT2D eigenvalue weighted by molar-refractivity contribution is 7.91. The molecule has 1 aliphatic rings. The molecule has 0 saturated carbocycles. The molecule has 1 atom stereocenters. The van der Waals surface area contributed by atoms with Crippen molar-refractivity contribution in [1.29, 1.82) is 0 Å².